The van der Waals surface area contributed by atoms with Crippen molar-refractivity contribution in [3.05, 3.63) is 42.7 Å². The molecule has 1 saturated carbocycles. The van der Waals surface area contributed by atoms with Gasteiger partial charge in [0.2, 0.25) is 0 Å². The van der Waals surface area contributed by atoms with Gasteiger partial charge in [-0.3, -0.25) is 0 Å². The van der Waals surface area contributed by atoms with Gasteiger partial charge in [-0.2, -0.15) is 0 Å². The van der Waals surface area contributed by atoms with Crippen LogP contribution < -0.4 is 10.6 Å². The van der Waals surface area contributed by atoms with E-state index in [0.717, 1.165) is 17.3 Å². The lowest BCUT2D eigenvalue weighted by Gasteiger charge is -2.07. The predicted octanol–water partition coefficient (Wildman–Crippen LogP) is 2.79. The number of anilines is 3. The summed E-state index contributed by atoms with van der Waals surface area (Å²) in [4.78, 5) is 8.40. The summed E-state index contributed by atoms with van der Waals surface area (Å²) in [5.41, 5.74) is 1.03. The topological polar surface area (TPSA) is 49.8 Å². The number of aromatic nitrogens is 2. The van der Waals surface area contributed by atoms with Gasteiger partial charge in [-0.1, -0.05) is 18.2 Å². The number of rotatable bonds is 4. The fraction of sp³-hybridized carbons (Fsp3) is 0.231. The van der Waals surface area contributed by atoms with Crippen LogP contribution in [0.1, 0.15) is 12.8 Å². The SMILES string of the molecule is c1ccc(Nc2cc(NC3CC3)ncn2)cc1. The molecule has 0 unspecified atom stereocenters. The molecule has 0 bridgehead atoms. The van der Waals surface area contributed by atoms with Gasteiger partial charge in [0.1, 0.15) is 18.0 Å². The first-order valence-electron chi connectivity index (χ1n) is 5.81. The third kappa shape index (κ3) is 2.72. The monoisotopic (exact) mass is 226 g/mol. The number of para-hydroxylation sites is 1. The highest BCUT2D eigenvalue weighted by molar-refractivity contribution is 5.58. The molecule has 1 fully saturated rings. The van der Waals surface area contributed by atoms with Gasteiger partial charge >= 0.3 is 0 Å². The molecule has 0 spiro atoms. The highest BCUT2D eigenvalue weighted by atomic mass is 15.1. The summed E-state index contributed by atoms with van der Waals surface area (Å²) >= 11 is 0. The van der Waals surface area contributed by atoms with E-state index in [9.17, 15) is 0 Å². The van der Waals surface area contributed by atoms with Gasteiger partial charge in [0.15, 0.2) is 0 Å². The molecular formula is C13H14N4. The lowest BCUT2D eigenvalue weighted by atomic mass is 10.3. The Bertz CT molecular complexity index is 494. The Balaban J connectivity index is 1.73. The molecule has 1 aliphatic carbocycles. The quantitative estimate of drug-likeness (QED) is 0.841. The molecule has 0 radical (unpaired) electrons. The molecule has 2 aromatic rings. The van der Waals surface area contributed by atoms with E-state index in [1.165, 1.54) is 12.8 Å². The van der Waals surface area contributed by atoms with E-state index in [-0.39, 0.29) is 0 Å². The summed E-state index contributed by atoms with van der Waals surface area (Å²) in [6, 6.07) is 12.5. The Kier molecular flexibility index (Phi) is 2.62. The average molecular weight is 226 g/mol. The van der Waals surface area contributed by atoms with Crippen LogP contribution in [0.2, 0.25) is 0 Å². The molecule has 1 heterocycles. The molecule has 4 heteroatoms. The summed E-state index contributed by atoms with van der Waals surface area (Å²) in [6.07, 6.45) is 4.06. The van der Waals surface area contributed by atoms with E-state index in [2.05, 4.69) is 20.6 Å². The smallest absolute Gasteiger partial charge is 0.135 e. The van der Waals surface area contributed by atoms with Crippen LogP contribution in [0.4, 0.5) is 17.3 Å². The van der Waals surface area contributed by atoms with Crippen LogP contribution in [0.25, 0.3) is 0 Å². The number of benzene rings is 1. The minimum Gasteiger partial charge on any atom is -0.367 e. The van der Waals surface area contributed by atoms with Crippen LogP contribution in [0.15, 0.2) is 42.7 Å². The molecule has 4 nitrogen and oxygen atoms in total. The van der Waals surface area contributed by atoms with E-state index in [0.29, 0.717) is 6.04 Å². The maximum absolute atomic E-state index is 4.20. The second kappa shape index (κ2) is 4.41. The van der Waals surface area contributed by atoms with Crippen molar-refractivity contribution in [2.24, 2.45) is 0 Å². The summed E-state index contributed by atoms with van der Waals surface area (Å²) in [6.45, 7) is 0. The van der Waals surface area contributed by atoms with E-state index < -0.39 is 0 Å². The van der Waals surface area contributed by atoms with Gasteiger partial charge in [0.05, 0.1) is 0 Å². The highest BCUT2D eigenvalue weighted by Crippen LogP contribution is 2.24. The number of hydrogen-bond donors (Lipinski definition) is 2. The zero-order chi connectivity index (χ0) is 11.5. The number of nitrogens with zero attached hydrogens (tertiary/aromatic N) is 2. The van der Waals surface area contributed by atoms with Crippen LogP contribution in [-0.4, -0.2) is 16.0 Å². The fourth-order valence-electron chi connectivity index (χ4n) is 1.61. The first-order valence-corrected chi connectivity index (χ1v) is 5.81. The first kappa shape index (κ1) is 10.1. The van der Waals surface area contributed by atoms with Gasteiger partial charge in [0.25, 0.3) is 0 Å². The van der Waals surface area contributed by atoms with Gasteiger partial charge in [0, 0.05) is 17.8 Å². The van der Waals surface area contributed by atoms with Crippen LogP contribution in [0, 0.1) is 0 Å². The molecule has 1 aromatic carbocycles. The van der Waals surface area contributed by atoms with Crippen LogP contribution in [0.3, 0.4) is 0 Å². The molecule has 3 rings (SSSR count). The minimum absolute atomic E-state index is 0.606. The Morgan fingerprint density at radius 2 is 1.76 bits per heavy atom. The second-order valence-corrected chi connectivity index (χ2v) is 4.20. The van der Waals surface area contributed by atoms with Crippen molar-refractivity contribution in [1.29, 1.82) is 0 Å². The van der Waals surface area contributed by atoms with Crippen molar-refractivity contribution < 1.29 is 0 Å². The van der Waals surface area contributed by atoms with Crippen molar-refractivity contribution in [2.45, 2.75) is 18.9 Å². The molecule has 2 N–H and O–H groups in total. The fourth-order valence-corrected chi connectivity index (χ4v) is 1.61. The van der Waals surface area contributed by atoms with E-state index in [1.54, 1.807) is 6.33 Å². The lowest BCUT2D eigenvalue weighted by Crippen LogP contribution is -2.04. The maximum Gasteiger partial charge on any atom is 0.135 e. The second-order valence-electron chi connectivity index (χ2n) is 4.20. The number of hydrogen-bond acceptors (Lipinski definition) is 4. The van der Waals surface area contributed by atoms with Gasteiger partial charge in [-0.25, -0.2) is 9.97 Å². The Hall–Kier alpha value is -2.10. The molecule has 0 saturated heterocycles. The van der Waals surface area contributed by atoms with Gasteiger partial charge < -0.3 is 10.6 Å². The van der Waals surface area contributed by atoms with E-state index in [4.69, 9.17) is 0 Å². The van der Waals surface area contributed by atoms with Crippen molar-refractivity contribution in [3.8, 4) is 0 Å². The zero-order valence-electron chi connectivity index (χ0n) is 9.43. The van der Waals surface area contributed by atoms with Crippen molar-refractivity contribution in [3.63, 3.8) is 0 Å². The average Bonchev–Trinajstić information content (AvgIpc) is 3.15. The highest BCUT2D eigenvalue weighted by Gasteiger charge is 2.21. The van der Waals surface area contributed by atoms with Crippen molar-refractivity contribution in [2.75, 3.05) is 10.6 Å². The zero-order valence-corrected chi connectivity index (χ0v) is 9.43. The summed E-state index contributed by atoms with van der Waals surface area (Å²) in [7, 11) is 0. The van der Waals surface area contributed by atoms with Crippen LogP contribution in [-0.2, 0) is 0 Å². The summed E-state index contributed by atoms with van der Waals surface area (Å²) < 4.78 is 0. The molecule has 86 valence electrons. The third-order valence-electron chi connectivity index (χ3n) is 2.64. The molecule has 1 aromatic heterocycles. The van der Waals surface area contributed by atoms with Gasteiger partial charge in [-0.05, 0) is 25.0 Å². The van der Waals surface area contributed by atoms with Gasteiger partial charge in [-0.15, -0.1) is 0 Å². The standard InChI is InChI=1S/C13H14N4/c1-2-4-10(5-3-1)16-12-8-13(15-9-14-12)17-11-6-7-11/h1-5,8-9,11H,6-7H2,(H2,14,15,16,17). The number of nitrogens with one attached hydrogen (secondary N) is 2. The van der Waals surface area contributed by atoms with E-state index in [1.807, 2.05) is 36.4 Å². The Labute approximate surface area is 100 Å². The largest absolute Gasteiger partial charge is 0.367 e. The normalized spacial score (nSPS) is 14.4. The Morgan fingerprint density at radius 1 is 1.00 bits per heavy atom. The molecule has 1 aliphatic rings. The molecule has 0 atom stereocenters. The van der Waals surface area contributed by atoms with Crippen molar-refractivity contribution in [1.82, 2.24) is 9.97 Å². The van der Waals surface area contributed by atoms with Crippen molar-refractivity contribution >= 4 is 17.3 Å². The Morgan fingerprint density at radius 3 is 2.53 bits per heavy atom. The third-order valence-corrected chi connectivity index (χ3v) is 2.64. The van der Waals surface area contributed by atoms with Crippen LogP contribution in [0.5, 0.6) is 0 Å². The summed E-state index contributed by atoms with van der Waals surface area (Å²) in [5.74, 6) is 1.70. The molecule has 0 amide bonds. The molecule has 0 aliphatic heterocycles. The lowest BCUT2D eigenvalue weighted by molar-refractivity contribution is 1.08. The summed E-state index contributed by atoms with van der Waals surface area (Å²) in [5, 5.41) is 6.60. The first-order chi connectivity index (χ1) is 8.40. The molecular weight excluding hydrogens is 212 g/mol. The molecule has 17 heavy (non-hydrogen) atoms. The predicted molar refractivity (Wildman–Crippen MR) is 68.4 cm³/mol. The minimum atomic E-state index is 0.606. The van der Waals surface area contributed by atoms with E-state index >= 15 is 0 Å². The van der Waals surface area contributed by atoms with Crippen LogP contribution >= 0.6 is 0 Å². The maximum atomic E-state index is 4.20.